The van der Waals surface area contributed by atoms with E-state index in [2.05, 4.69) is 207 Å². The van der Waals surface area contributed by atoms with Gasteiger partial charge in [0, 0.05) is 22.4 Å². The fourth-order valence-electron chi connectivity index (χ4n) is 5.50. The van der Waals surface area contributed by atoms with E-state index in [-0.39, 0.29) is 0 Å². The zero-order valence-corrected chi connectivity index (χ0v) is 28.9. The molecule has 5 aromatic carbocycles. The fraction of sp³-hybridized carbons (Fsp3) is 0.0286. The van der Waals surface area contributed by atoms with Crippen LogP contribution in [0.4, 0.5) is 0 Å². The molecule has 5 aromatic rings. The van der Waals surface area contributed by atoms with Crippen LogP contribution in [0, 0.1) is 0 Å². The zero-order valence-electron chi connectivity index (χ0n) is 21.0. The standard InChI is InChI=1S/C35H21Br5/c36-27-11-1-22(2-12-27)32-21-35(25-7-17-30(39)18-8-25,26-9-19-31(40)20-10-26)34(24-5-15-29(38)16-6-24)33(32)23-3-13-28(37)14-4-23/h1-21H. The van der Waals surface area contributed by atoms with Crippen molar-refractivity contribution in [3.63, 3.8) is 0 Å². The molecule has 5 heteroatoms. The summed E-state index contributed by atoms with van der Waals surface area (Å²) >= 11 is 18.3. The van der Waals surface area contributed by atoms with Gasteiger partial charge in [-0.25, -0.2) is 0 Å². The largest absolute Gasteiger partial charge is 0.0653 e. The molecule has 0 nitrogen and oxygen atoms in total. The van der Waals surface area contributed by atoms with E-state index in [9.17, 15) is 0 Å². The number of benzene rings is 5. The molecule has 1 aliphatic carbocycles. The Bertz CT molecular complexity index is 1680. The molecule has 6 rings (SSSR count). The second-order valence-corrected chi connectivity index (χ2v) is 14.2. The van der Waals surface area contributed by atoms with E-state index >= 15 is 0 Å². The summed E-state index contributed by atoms with van der Waals surface area (Å²) in [7, 11) is 0. The summed E-state index contributed by atoms with van der Waals surface area (Å²) in [5.74, 6) is 0. The summed E-state index contributed by atoms with van der Waals surface area (Å²) in [6, 6.07) is 43.6. The highest BCUT2D eigenvalue weighted by molar-refractivity contribution is 9.11. The minimum atomic E-state index is -0.542. The van der Waals surface area contributed by atoms with Crippen LogP contribution in [0.5, 0.6) is 0 Å². The topological polar surface area (TPSA) is 0 Å². The molecule has 1 aliphatic rings. The monoisotopic (exact) mass is 836 g/mol. The lowest BCUT2D eigenvalue weighted by atomic mass is 9.68. The van der Waals surface area contributed by atoms with Gasteiger partial charge in [0.1, 0.15) is 0 Å². The van der Waals surface area contributed by atoms with Crippen LogP contribution in [0.3, 0.4) is 0 Å². The van der Waals surface area contributed by atoms with Gasteiger partial charge in [-0.2, -0.15) is 0 Å². The fourth-order valence-corrected chi connectivity index (χ4v) is 6.82. The van der Waals surface area contributed by atoms with Gasteiger partial charge in [0.15, 0.2) is 0 Å². The van der Waals surface area contributed by atoms with E-state index in [1.54, 1.807) is 0 Å². The van der Waals surface area contributed by atoms with E-state index in [4.69, 9.17) is 0 Å². The Morgan fingerprint density at radius 3 is 1.07 bits per heavy atom. The Hall–Kier alpha value is -2.02. The molecular weight excluding hydrogens is 820 g/mol. The van der Waals surface area contributed by atoms with Crippen molar-refractivity contribution in [2.24, 2.45) is 0 Å². The SMILES string of the molecule is Brc1ccc(C2=CC(c3ccc(Br)cc3)(c3ccc(Br)cc3)C(c3ccc(Br)cc3)=C2c2ccc(Br)cc2)cc1. The van der Waals surface area contributed by atoms with Crippen molar-refractivity contribution in [1.82, 2.24) is 0 Å². The lowest BCUT2D eigenvalue weighted by Gasteiger charge is -2.34. The third kappa shape index (κ3) is 5.32. The van der Waals surface area contributed by atoms with Crippen molar-refractivity contribution in [2.75, 3.05) is 0 Å². The average molecular weight is 841 g/mol. The van der Waals surface area contributed by atoms with Gasteiger partial charge in [-0.15, -0.1) is 0 Å². The van der Waals surface area contributed by atoms with E-state index in [0.717, 1.165) is 22.4 Å². The van der Waals surface area contributed by atoms with Crippen molar-refractivity contribution in [1.29, 1.82) is 0 Å². The molecule has 0 unspecified atom stereocenters. The number of halogens is 5. The highest BCUT2D eigenvalue weighted by atomic mass is 79.9. The summed E-state index contributed by atoms with van der Waals surface area (Å²) in [4.78, 5) is 0. The molecule has 0 spiro atoms. The molecule has 0 radical (unpaired) electrons. The zero-order chi connectivity index (χ0) is 27.9. The quantitative estimate of drug-likeness (QED) is 0.165. The van der Waals surface area contributed by atoms with Crippen LogP contribution in [0.2, 0.25) is 0 Å². The smallest absolute Gasteiger partial charge is 0.0567 e. The van der Waals surface area contributed by atoms with Crippen LogP contribution < -0.4 is 0 Å². The first-order valence-electron chi connectivity index (χ1n) is 12.6. The summed E-state index contributed by atoms with van der Waals surface area (Å²) in [5.41, 5.74) is 9.08. The third-order valence-corrected chi connectivity index (χ3v) is 9.94. The van der Waals surface area contributed by atoms with Crippen molar-refractivity contribution < 1.29 is 0 Å². The normalized spacial score (nSPS) is 14.4. The van der Waals surface area contributed by atoms with E-state index in [0.29, 0.717) is 0 Å². The molecule has 0 amide bonds. The van der Waals surface area contributed by atoms with Gasteiger partial charge < -0.3 is 0 Å². The van der Waals surface area contributed by atoms with Gasteiger partial charge in [-0.3, -0.25) is 0 Å². The van der Waals surface area contributed by atoms with Crippen LogP contribution in [0.1, 0.15) is 27.8 Å². The summed E-state index contributed by atoms with van der Waals surface area (Å²) in [6.45, 7) is 0. The number of rotatable bonds is 5. The minimum Gasteiger partial charge on any atom is -0.0567 e. The van der Waals surface area contributed by atoms with Gasteiger partial charge >= 0.3 is 0 Å². The first kappa shape index (κ1) is 28.1. The number of allylic oxidation sites excluding steroid dienone is 4. The van der Waals surface area contributed by atoms with Gasteiger partial charge in [0.05, 0.1) is 5.41 Å². The predicted octanol–water partition coefficient (Wildman–Crippen LogP) is 12.5. The third-order valence-electron chi connectivity index (χ3n) is 7.29. The molecule has 0 saturated carbocycles. The first-order chi connectivity index (χ1) is 19.3. The molecule has 40 heavy (non-hydrogen) atoms. The second kappa shape index (κ2) is 11.7. The molecule has 0 fully saturated rings. The maximum atomic E-state index is 3.67. The van der Waals surface area contributed by atoms with Gasteiger partial charge in [-0.1, -0.05) is 146 Å². The highest BCUT2D eigenvalue weighted by Crippen LogP contribution is 2.58. The lowest BCUT2D eigenvalue weighted by molar-refractivity contribution is 0.850. The van der Waals surface area contributed by atoms with Gasteiger partial charge in [0.25, 0.3) is 0 Å². The van der Waals surface area contributed by atoms with Crippen molar-refractivity contribution in [2.45, 2.75) is 5.41 Å². The molecule has 0 saturated heterocycles. The Labute approximate surface area is 276 Å². The maximum absolute atomic E-state index is 3.67. The van der Waals surface area contributed by atoms with Crippen LogP contribution in [0.25, 0.3) is 16.7 Å². The van der Waals surface area contributed by atoms with Crippen LogP contribution in [0.15, 0.2) is 150 Å². The molecule has 0 bridgehead atoms. The molecule has 196 valence electrons. The molecule has 0 atom stereocenters. The van der Waals surface area contributed by atoms with Crippen molar-refractivity contribution in [3.8, 4) is 0 Å². The Morgan fingerprint density at radius 1 is 0.350 bits per heavy atom. The average Bonchev–Trinajstić information content (AvgIpc) is 3.32. The minimum absolute atomic E-state index is 0.542. The first-order valence-corrected chi connectivity index (χ1v) is 16.6. The van der Waals surface area contributed by atoms with Crippen LogP contribution in [-0.2, 0) is 5.41 Å². The van der Waals surface area contributed by atoms with E-state index in [1.807, 2.05) is 0 Å². The summed E-state index contributed by atoms with van der Waals surface area (Å²) < 4.78 is 5.28. The predicted molar refractivity (Wildman–Crippen MR) is 186 cm³/mol. The van der Waals surface area contributed by atoms with Gasteiger partial charge in [-0.05, 0) is 105 Å². The second-order valence-electron chi connectivity index (χ2n) is 9.65. The van der Waals surface area contributed by atoms with Crippen LogP contribution in [-0.4, -0.2) is 0 Å². The summed E-state index contributed by atoms with van der Waals surface area (Å²) in [6.07, 6.45) is 2.47. The molecule has 0 N–H and O–H groups in total. The highest BCUT2D eigenvalue weighted by Gasteiger charge is 2.44. The van der Waals surface area contributed by atoms with E-state index < -0.39 is 5.41 Å². The summed E-state index contributed by atoms with van der Waals surface area (Å²) in [5, 5.41) is 0. The molecule has 0 aliphatic heterocycles. The van der Waals surface area contributed by atoms with Crippen LogP contribution >= 0.6 is 79.6 Å². The van der Waals surface area contributed by atoms with Gasteiger partial charge in [0.2, 0.25) is 0 Å². The molecular formula is C35H21Br5. The molecule has 0 heterocycles. The maximum Gasteiger partial charge on any atom is 0.0653 e. The Kier molecular flexibility index (Phi) is 8.22. The Morgan fingerprint density at radius 2 is 0.675 bits per heavy atom. The Balaban J connectivity index is 1.79. The molecule has 0 aromatic heterocycles. The number of hydrogen-bond acceptors (Lipinski definition) is 0. The lowest BCUT2D eigenvalue weighted by Crippen LogP contribution is -2.26. The van der Waals surface area contributed by atoms with E-state index in [1.165, 1.54) is 44.5 Å². The van der Waals surface area contributed by atoms with Crippen molar-refractivity contribution >= 4 is 96.4 Å². The number of hydrogen-bond donors (Lipinski definition) is 0. The van der Waals surface area contributed by atoms with Crippen molar-refractivity contribution in [3.05, 3.63) is 178 Å².